The fourth-order valence-electron chi connectivity index (χ4n) is 4.36. The monoisotopic (exact) mass is 524 g/mol. The molecule has 1 saturated heterocycles. The molecule has 8 nitrogen and oxygen atoms in total. The van der Waals surface area contributed by atoms with Crippen LogP contribution >= 0.6 is 11.6 Å². The molecule has 1 aliphatic heterocycles. The Balaban J connectivity index is 1.38. The molecule has 0 amide bonds. The van der Waals surface area contributed by atoms with Gasteiger partial charge in [-0.15, -0.1) is 0 Å². The molecule has 5 rings (SSSR count). The Morgan fingerprint density at radius 3 is 2.57 bits per heavy atom. The quantitative estimate of drug-likeness (QED) is 0.300. The summed E-state index contributed by atoms with van der Waals surface area (Å²) in [6, 6.07) is 12.9. The standard InChI is InChI=1S/C27H30ClFN6O2/c1-34-9-11-35(12-10-34)17-18-3-6-20(7-4-18)31-27-32-25-24(26(33-27)37-14-13-36-2)21(16-30-25)19-5-8-23(29)22(28)15-19/h3-8,15-16H,9-14,17H2,1-2H3,(H2,30,31,32,33). The molecule has 2 N–H and O–H groups in total. The SMILES string of the molecule is COCCOc1nc(Nc2ccc(CN3CCN(C)CC3)cc2)nc2[nH]cc(-c3ccc(F)c(Cl)c3)c12. The third-order valence-corrected chi connectivity index (χ3v) is 6.76. The lowest BCUT2D eigenvalue weighted by atomic mass is 10.1. The van der Waals surface area contributed by atoms with Crippen molar-refractivity contribution in [3.8, 4) is 17.0 Å². The van der Waals surface area contributed by atoms with Gasteiger partial charge >= 0.3 is 0 Å². The van der Waals surface area contributed by atoms with Crippen molar-refractivity contribution < 1.29 is 13.9 Å². The fraction of sp³-hybridized carbons (Fsp3) is 0.333. The van der Waals surface area contributed by atoms with E-state index in [0.717, 1.165) is 49.5 Å². The summed E-state index contributed by atoms with van der Waals surface area (Å²) in [7, 11) is 3.78. The number of piperazine rings is 1. The van der Waals surface area contributed by atoms with Crippen LogP contribution in [0, 0.1) is 5.82 Å². The van der Waals surface area contributed by atoms with Crippen molar-refractivity contribution in [3.63, 3.8) is 0 Å². The largest absolute Gasteiger partial charge is 0.475 e. The Kier molecular flexibility index (Phi) is 7.85. The van der Waals surface area contributed by atoms with E-state index in [2.05, 4.69) is 49.2 Å². The van der Waals surface area contributed by atoms with Crippen LogP contribution in [0.2, 0.25) is 5.02 Å². The first kappa shape index (κ1) is 25.4. The molecule has 0 saturated carbocycles. The molecule has 2 aromatic heterocycles. The molecule has 0 spiro atoms. The topological polar surface area (TPSA) is 78.5 Å². The number of benzene rings is 2. The predicted molar refractivity (Wildman–Crippen MR) is 144 cm³/mol. The van der Waals surface area contributed by atoms with Crippen LogP contribution in [0.4, 0.5) is 16.0 Å². The minimum absolute atomic E-state index is 0.0453. The first-order valence-electron chi connectivity index (χ1n) is 12.2. The molecule has 194 valence electrons. The third-order valence-electron chi connectivity index (χ3n) is 6.47. The van der Waals surface area contributed by atoms with Gasteiger partial charge in [0.25, 0.3) is 0 Å². The van der Waals surface area contributed by atoms with Gasteiger partial charge in [0, 0.05) is 57.3 Å². The average molecular weight is 525 g/mol. The molecule has 0 unspecified atom stereocenters. The molecule has 1 fully saturated rings. The Hall–Kier alpha value is -3.24. The molecule has 10 heteroatoms. The molecule has 0 bridgehead atoms. The molecular formula is C27H30ClFN6O2. The van der Waals surface area contributed by atoms with Crippen molar-refractivity contribution in [2.75, 3.05) is 58.9 Å². The Morgan fingerprint density at radius 2 is 1.84 bits per heavy atom. The second-order valence-corrected chi connectivity index (χ2v) is 9.56. The van der Waals surface area contributed by atoms with Gasteiger partial charge in [-0.2, -0.15) is 9.97 Å². The summed E-state index contributed by atoms with van der Waals surface area (Å²) in [5.41, 5.74) is 4.23. The molecular weight excluding hydrogens is 495 g/mol. The van der Waals surface area contributed by atoms with E-state index in [1.165, 1.54) is 11.6 Å². The number of anilines is 2. The van der Waals surface area contributed by atoms with Crippen LogP contribution < -0.4 is 10.1 Å². The van der Waals surface area contributed by atoms with Crippen LogP contribution in [0.3, 0.4) is 0 Å². The summed E-state index contributed by atoms with van der Waals surface area (Å²) < 4.78 is 24.9. The number of halogens is 2. The van der Waals surface area contributed by atoms with Gasteiger partial charge in [0.05, 0.1) is 17.0 Å². The molecule has 0 aliphatic carbocycles. The van der Waals surface area contributed by atoms with Gasteiger partial charge in [0.15, 0.2) is 0 Å². The predicted octanol–water partition coefficient (Wildman–Crippen LogP) is 4.93. The lowest BCUT2D eigenvalue weighted by molar-refractivity contribution is 0.144. The number of H-pyrrole nitrogens is 1. The maximum Gasteiger partial charge on any atom is 0.232 e. The highest BCUT2D eigenvalue weighted by Gasteiger charge is 2.18. The van der Waals surface area contributed by atoms with Crippen molar-refractivity contribution in [2.24, 2.45) is 0 Å². The van der Waals surface area contributed by atoms with Gasteiger partial charge in [0.1, 0.15) is 18.1 Å². The van der Waals surface area contributed by atoms with E-state index in [-0.39, 0.29) is 5.02 Å². The van der Waals surface area contributed by atoms with Crippen LogP contribution in [0.25, 0.3) is 22.2 Å². The van der Waals surface area contributed by atoms with Crippen LogP contribution in [0.5, 0.6) is 5.88 Å². The number of fused-ring (bicyclic) bond motifs is 1. The number of aromatic amines is 1. The lowest BCUT2D eigenvalue weighted by Crippen LogP contribution is -2.43. The van der Waals surface area contributed by atoms with Crippen molar-refractivity contribution in [3.05, 3.63) is 65.1 Å². The second-order valence-electron chi connectivity index (χ2n) is 9.15. The van der Waals surface area contributed by atoms with E-state index in [0.29, 0.717) is 36.1 Å². The Bertz CT molecular complexity index is 1360. The van der Waals surface area contributed by atoms with Crippen LogP contribution in [0.15, 0.2) is 48.7 Å². The van der Waals surface area contributed by atoms with E-state index < -0.39 is 5.82 Å². The van der Waals surface area contributed by atoms with Crippen LogP contribution in [0.1, 0.15) is 5.56 Å². The number of aromatic nitrogens is 3. The number of likely N-dealkylation sites (N-methyl/N-ethyl adjacent to an activating group) is 1. The van der Waals surface area contributed by atoms with E-state index in [9.17, 15) is 4.39 Å². The first-order chi connectivity index (χ1) is 18.0. The summed E-state index contributed by atoms with van der Waals surface area (Å²) in [6.07, 6.45) is 1.79. The van der Waals surface area contributed by atoms with Gasteiger partial charge in [-0.05, 0) is 42.4 Å². The second kappa shape index (κ2) is 11.4. The zero-order valence-corrected chi connectivity index (χ0v) is 21.7. The minimum Gasteiger partial charge on any atom is -0.475 e. The maximum absolute atomic E-state index is 13.7. The van der Waals surface area contributed by atoms with Gasteiger partial charge in [-0.1, -0.05) is 29.8 Å². The molecule has 4 aromatic rings. The number of rotatable bonds is 9. The van der Waals surface area contributed by atoms with Gasteiger partial charge < -0.3 is 24.7 Å². The van der Waals surface area contributed by atoms with Gasteiger partial charge in [-0.25, -0.2) is 4.39 Å². The molecule has 3 heterocycles. The average Bonchev–Trinajstić information content (AvgIpc) is 3.32. The smallest absolute Gasteiger partial charge is 0.232 e. The van der Waals surface area contributed by atoms with Gasteiger partial charge in [0.2, 0.25) is 11.8 Å². The maximum atomic E-state index is 13.7. The zero-order valence-electron chi connectivity index (χ0n) is 20.9. The first-order valence-corrected chi connectivity index (χ1v) is 12.6. The lowest BCUT2D eigenvalue weighted by Gasteiger charge is -2.32. The Morgan fingerprint density at radius 1 is 1.05 bits per heavy atom. The zero-order chi connectivity index (χ0) is 25.8. The number of hydrogen-bond acceptors (Lipinski definition) is 7. The number of nitrogens with zero attached hydrogens (tertiary/aromatic N) is 4. The van der Waals surface area contributed by atoms with E-state index in [4.69, 9.17) is 21.1 Å². The van der Waals surface area contributed by atoms with Crippen LogP contribution in [-0.2, 0) is 11.3 Å². The van der Waals surface area contributed by atoms with E-state index in [1.807, 2.05) is 12.1 Å². The van der Waals surface area contributed by atoms with Crippen molar-refractivity contribution >= 4 is 34.3 Å². The third kappa shape index (κ3) is 6.02. The molecule has 0 radical (unpaired) electrons. The molecule has 2 aromatic carbocycles. The van der Waals surface area contributed by atoms with Crippen molar-refractivity contribution in [1.82, 2.24) is 24.8 Å². The highest BCUT2D eigenvalue weighted by atomic mass is 35.5. The fourth-order valence-corrected chi connectivity index (χ4v) is 4.54. The van der Waals surface area contributed by atoms with Gasteiger partial charge in [-0.3, -0.25) is 4.90 Å². The summed E-state index contributed by atoms with van der Waals surface area (Å²) in [4.78, 5) is 17.3. The summed E-state index contributed by atoms with van der Waals surface area (Å²) in [5, 5.41) is 4.02. The van der Waals surface area contributed by atoms with E-state index >= 15 is 0 Å². The summed E-state index contributed by atoms with van der Waals surface area (Å²) in [6.45, 7) is 6.03. The summed E-state index contributed by atoms with van der Waals surface area (Å²) >= 11 is 6.03. The number of ether oxygens (including phenoxy) is 2. The number of nitrogens with one attached hydrogen (secondary N) is 2. The van der Waals surface area contributed by atoms with Crippen LogP contribution in [-0.4, -0.2) is 78.3 Å². The molecule has 0 atom stereocenters. The van der Waals surface area contributed by atoms with Crippen molar-refractivity contribution in [1.29, 1.82) is 0 Å². The molecule has 37 heavy (non-hydrogen) atoms. The number of hydrogen-bond donors (Lipinski definition) is 2. The minimum atomic E-state index is -0.473. The summed E-state index contributed by atoms with van der Waals surface area (Å²) in [5.74, 6) is 0.323. The van der Waals surface area contributed by atoms with E-state index in [1.54, 1.807) is 25.4 Å². The number of methoxy groups -OCH3 is 1. The van der Waals surface area contributed by atoms with Crippen molar-refractivity contribution in [2.45, 2.75) is 6.54 Å². The Labute approximate surface area is 220 Å². The highest BCUT2D eigenvalue weighted by Crippen LogP contribution is 2.36. The normalized spacial score (nSPS) is 14.8. The highest BCUT2D eigenvalue weighted by molar-refractivity contribution is 6.31. The molecule has 1 aliphatic rings.